The number of aromatic nitrogens is 2. The van der Waals surface area contributed by atoms with Crippen LogP contribution in [0.15, 0.2) is 12.1 Å². The molecule has 1 aromatic heterocycles. The Hall–Kier alpha value is -2.55. The van der Waals surface area contributed by atoms with E-state index in [9.17, 15) is 27.9 Å². The van der Waals surface area contributed by atoms with Gasteiger partial charge in [-0.2, -0.15) is 18.3 Å². The van der Waals surface area contributed by atoms with Crippen LogP contribution in [0.3, 0.4) is 0 Å². The van der Waals surface area contributed by atoms with Crippen LogP contribution in [0.25, 0.3) is 0 Å². The molecule has 2 heterocycles. The van der Waals surface area contributed by atoms with E-state index >= 15 is 0 Å². The lowest BCUT2D eigenvalue weighted by atomic mass is 9.96. The summed E-state index contributed by atoms with van der Waals surface area (Å²) in [6.07, 6.45) is -0.750. The van der Waals surface area contributed by atoms with Gasteiger partial charge in [-0.1, -0.05) is 11.6 Å². The third-order valence-electron chi connectivity index (χ3n) is 5.89. The van der Waals surface area contributed by atoms with Gasteiger partial charge in [-0.25, -0.2) is 4.68 Å². The summed E-state index contributed by atoms with van der Waals surface area (Å²) in [5, 5.41) is 14.2. The molecule has 0 spiro atoms. The van der Waals surface area contributed by atoms with E-state index in [1.54, 1.807) is 0 Å². The number of aryl methyl sites for hydroxylation is 1. The average molecular weight is 456 g/mol. The van der Waals surface area contributed by atoms with E-state index in [0.29, 0.717) is 31.2 Å². The SMILES string of the molecule is Cn1nc(C2CC2)c(C(=O)c2ccc(C(F)(F)F)c(N3CCCCC3C=O)c2Cl)c1O. The lowest BCUT2D eigenvalue weighted by molar-refractivity contribution is -0.137. The van der Waals surface area contributed by atoms with Crippen molar-refractivity contribution in [3.8, 4) is 5.88 Å². The number of ketones is 1. The largest absolute Gasteiger partial charge is 0.493 e. The molecule has 10 heteroatoms. The number of hydrogen-bond acceptors (Lipinski definition) is 5. The second kappa shape index (κ2) is 7.85. The summed E-state index contributed by atoms with van der Waals surface area (Å²) in [5.74, 6) is -1.01. The van der Waals surface area contributed by atoms with E-state index in [-0.39, 0.29) is 40.2 Å². The fraction of sp³-hybridized carbons (Fsp3) is 0.476. The van der Waals surface area contributed by atoms with E-state index in [2.05, 4.69) is 5.10 Å². The van der Waals surface area contributed by atoms with Gasteiger partial charge in [0.25, 0.3) is 0 Å². The third-order valence-corrected chi connectivity index (χ3v) is 6.28. The Balaban J connectivity index is 1.87. The number of aldehydes is 1. The number of hydrogen-bond donors (Lipinski definition) is 1. The first-order valence-electron chi connectivity index (χ1n) is 10.1. The number of alkyl halides is 3. The highest BCUT2D eigenvalue weighted by molar-refractivity contribution is 6.38. The highest BCUT2D eigenvalue weighted by Gasteiger charge is 2.41. The number of halogens is 4. The van der Waals surface area contributed by atoms with Crippen LogP contribution in [0, 0.1) is 0 Å². The molecule has 2 aliphatic rings. The van der Waals surface area contributed by atoms with Crippen molar-refractivity contribution < 1.29 is 27.9 Å². The number of nitrogens with zero attached hydrogens (tertiary/aromatic N) is 3. The number of rotatable bonds is 5. The number of aromatic hydroxyl groups is 1. The molecule has 1 unspecified atom stereocenters. The van der Waals surface area contributed by atoms with Crippen molar-refractivity contribution in [2.24, 2.45) is 7.05 Å². The summed E-state index contributed by atoms with van der Waals surface area (Å²) in [6, 6.07) is 1.08. The maximum atomic E-state index is 13.8. The zero-order chi connectivity index (χ0) is 22.5. The Morgan fingerprint density at radius 1 is 1.26 bits per heavy atom. The maximum Gasteiger partial charge on any atom is 0.418 e. The lowest BCUT2D eigenvalue weighted by Crippen LogP contribution is -2.42. The van der Waals surface area contributed by atoms with Gasteiger partial charge in [-0.05, 0) is 44.2 Å². The topological polar surface area (TPSA) is 75.4 Å². The molecule has 1 aliphatic heterocycles. The molecule has 166 valence electrons. The number of benzene rings is 1. The molecular weight excluding hydrogens is 435 g/mol. The third kappa shape index (κ3) is 3.79. The molecule has 2 fully saturated rings. The van der Waals surface area contributed by atoms with Crippen LogP contribution < -0.4 is 4.90 Å². The van der Waals surface area contributed by atoms with E-state index in [0.717, 1.165) is 25.0 Å². The van der Waals surface area contributed by atoms with Crippen molar-refractivity contribution in [1.29, 1.82) is 0 Å². The van der Waals surface area contributed by atoms with E-state index in [4.69, 9.17) is 11.6 Å². The zero-order valence-corrected chi connectivity index (χ0v) is 17.5. The van der Waals surface area contributed by atoms with Gasteiger partial charge in [0.2, 0.25) is 11.7 Å². The minimum Gasteiger partial charge on any atom is -0.493 e. The van der Waals surface area contributed by atoms with Gasteiger partial charge in [0, 0.05) is 25.1 Å². The monoisotopic (exact) mass is 455 g/mol. The van der Waals surface area contributed by atoms with Crippen LogP contribution in [0.2, 0.25) is 5.02 Å². The van der Waals surface area contributed by atoms with Gasteiger partial charge in [0.05, 0.1) is 28.0 Å². The second-order valence-corrected chi connectivity index (χ2v) is 8.40. The van der Waals surface area contributed by atoms with E-state index in [1.807, 2.05) is 0 Å². The molecule has 1 aliphatic carbocycles. The normalized spacial score (nSPS) is 19.5. The Bertz CT molecular complexity index is 1050. The number of anilines is 1. The molecule has 1 N–H and O–H groups in total. The molecule has 0 amide bonds. The van der Waals surface area contributed by atoms with Gasteiger partial charge < -0.3 is 14.8 Å². The second-order valence-electron chi connectivity index (χ2n) is 8.02. The van der Waals surface area contributed by atoms with Crippen molar-refractivity contribution in [3.05, 3.63) is 39.5 Å². The first-order chi connectivity index (χ1) is 14.6. The predicted octanol–water partition coefficient (Wildman–Crippen LogP) is 4.46. The molecule has 1 saturated carbocycles. The summed E-state index contributed by atoms with van der Waals surface area (Å²) < 4.78 is 42.6. The predicted molar refractivity (Wildman–Crippen MR) is 108 cm³/mol. The zero-order valence-electron chi connectivity index (χ0n) is 16.7. The summed E-state index contributed by atoms with van der Waals surface area (Å²) in [6.45, 7) is 0.218. The van der Waals surface area contributed by atoms with Crippen LogP contribution in [0.5, 0.6) is 5.88 Å². The smallest absolute Gasteiger partial charge is 0.418 e. The summed E-state index contributed by atoms with van der Waals surface area (Å²) in [4.78, 5) is 26.2. The minimum absolute atomic E-state index is 0.0280. The van der Waals surface area contributed by atoms with Crippen molar-refractivity contribution in [2.45, 2.75) is 50.2 Å². The Kier molecular flexibility index (Phi) is 5.49. The fourth-order valence-electron chi connectivity index (χ4n) is 4.16. The molecule has 2 aromatic rings. The van der Waals surface area contributed by atoms with Gasteiger partial charge in [-0.15, -0.1) is 0 Å². The summed E-state index contributed by atoms with van der Waals surface area (Å²) >= 11 is 6.44. The quantitative estimate of drug-likeness (QED) is 0.532. The highest BCUT2D eigenvalue weighted by atomic mass is 35.5. The van der Waals surface area contributed by atoms with Crippen LogP contribution in [0.1, 0.15) is 65.2 Å². The van der Waals surface area contributed by atoms with Crippen LogP contribution >= 0.6 is 11.6 Å². The van der Waals surface area contributed by atoms with E-state index in [1.165, 1.54) is 16.6 Å². The minimum atomic E-state index is -4.72. The number of piperidine rings is 1. The fourth-order valence-corrected chi connectivity index (χ4v) is 4.52. The van der Waals surface area contributed by atoms with Crippen LogP contribution in [0.4, 0.5) is 18.9 Å². The maximum absolute atomic E-state index is 13.8. The lowest BCUT2D eigenvalue weighted by Gasteiger charge is -2.36. The van der Waals surface area contributed by atoms with Crippen molar-refractivity contribution in [3.63, 3.8) is 0 Å². The van der Waals surface area contributed by atoms with Crippen LogP contribution in [-0.4, -0.2) is 39.5 Å². The van der Waals surface area contributed by atoms with Gasteiger partial charge in [0.1, 0.15) is 11.8 Å². The van der Waals surface area contributed by atoms with Gasteiger partial charge in [-0.3, -0.25) is 4.79 Å². The summed E-state index contributed by atoms with van der Waals surface area (Å²) in [7, 11) is 1.49. The van der Waals surface area contributed by atoms with Gasteiger partial charge in [0.15, 0.2) is 0 Å². The Morgan fingerprint density at radius 2 is 1.97 bits per heavy atom. The Labute approximate surface area is 181 Å². The van der Waals surface area contributed by atoms with Crippen molar-refractivity contribution in [2.75, 3.05) is 11.4 Å². The molecule has 0 radical (unpaired) electrons. The standard InChI is InChI=1S/C21H21ClF3N3O3/c1-27-20(31)15(17(26-27)11-5-6-11)19(30)13-7-8-14(21(23,24)25)18(16(13)22)28-9-3-2-4-12(28)10-29/h7-8,10-12,31H,2-6,9H2,1H3. The number of carbonyl (C=O) groups is 2. The average Bonchev–Trinajstić information content (AvgIpc) is 3.52. The summed E-state index contributed by atoms with van der Waals surface area (Å²) in [5.41, 5.74) is -1.15. The molecule has 0 bridgehead atoms. The molecule has 1 aromatic carbocycles. The molecule has 31 heavy (non-hydrogen) atoms. The van der Waals surface area contributed by atoms with E-state index < -0.39 is 23.6 Å². The molecule has 6 nitrogen and oxygen atoms in total. The molecule has 1 atom stereocenters. The molecule has 1 saturated heterocycles. The molecule has 4 rings (SSSR count). The van der Waals surface area contributed by atoms with Gasteiger partial charge >= 0.3 is 6.18 Å². The Morgan fingerprint density at radius 3 is 2.58 bits per heavy atom. The van der Waals surface area contributed by atoms with Crippen LogP contribution in [-0.2, 0) is 18.0 Å². The number of carbonyl (C=O) groups excluding carboxylic acids is 2. The van der Waals surface area contributed by atoms with Crippen molar-refractivity contribution >= 4 is 29.4 Å². The highest BCUT2D eigenvalue weighted by Crippen LogP contribution is 2.47. The molecular formula is C21H21ClF3N3O3. The van der Waals surface area contributed by atoms with Crippen molar-refractivity contribution in [1.82, 2.24) is 9.78 Å². The first kappa shape index (κ1) is 21.7. The first-order valence-corrected chi connectivity index (χ1v) is 10.4.